The molecule has 1 fully saturated rings. The molecule has 6 heteroatoms. The van der Waals surface area contributed by atoms with Crippen LogP contribution in [-0.4, -0.2) is 36.7 Å². The third-order valence-electron chi connectivity index (χ3n) is 6.00. The minimum absolute atomic E-state index is 0.113. The van der Waals surface area contributed by atoms with E-state index in [0.29, 0.717) is 17.5 Å². The fourth-order valence-corrected chi connectivity index (χ4v) is 4.57. The van der Waals surface area contributed by atoms with Crippen LogP contribution in [0.5, 0.6) is 5.75 Å². The predicted molar refractivity (Wildman–Crippen MR) is 134 cm³/mol. The molecule has 2 heterocycles. The van der Waals surface area contributed by atoms with E-state index >= 15 is 0 Å². The van der Waals surface area contributed by atoms with Crippen molar-refractivity contribution in [1.82, 2.24) is 4.90 Å². The number of benzene rings is 2. The number of carbonyl (C=O) groups excluding carboxylic acids is 1. The van der Waals surface area contributed by atoms with Crippen LogP contribution in [0.4, 0.5) is 16.2 Å². The van der Waals surface area contributed by atoms with Crippen molar-refractivity contribution in [3.8, 4) is 5.75 Å². The Morgan fingerprint density at radius 2 is 1.70 bits per heavy atom. The van der Waals surface area contributed by atoms with Crippen molar-refractivity contribution in [2.75, 3.05) is 30.3 Å². The fraction of sp³-hybridized carbons (Fsp3) is 0.444. The number of likely N-dealkylation sites (tertiary alicyclic amines) is 1. The van der Waals surface area contributed by atoms with Crippen molar-refractivity contribution in [3.05, 3.63) is 54.3 Å². The number of fused-ring (bicyclic) bond motifs is 1. The number of nitrogens with one attached hydrogen (secondary N) is 2. The molecule has 1 aliphatic heterocycles. The summed E-state index contributed by atoms with van der Waals surface area (Å²) >= 11 is 0. The first kappa shape index (κ1) is 23.2. The van der Waals surface area contributed by atoms with E-state index in [1.165, 1.54) is 5.56 Å². The number of ether oxygens (including phenoxy) is 1. The Bertz CT molecular complexity index is 1060. The van der Waals surface area contributed by atoms with Gasteiger partial charge in [0.2, 0.25) is 0 Å². The minimum atomic E-state index is -0.279. The van der Waals surface area contributed by atoms with Crippen LogP contribution >= 0.6 is 0 Å². The molecule has 0 saturated carbocycles. The summed E-state index contributed by atoms with van der Waals surface area (Å²) in [4.78, 5) is 15.1. The predicted octanol–water partition coefficient (Wildman–Crippen LogP) is 6.70. The summed E-state index contributed by atoms with van der Waals surface area (Å²) in [5.41, 5.74) is 3.57. The molecule has 1 aliphatic rings. The maximum atomic E-state index is 12.5. The number of rotatable bonds is 7. The highest BCUT2D eigenvalue weighted by Gasteiger charge is 2.24. The van der Waals surface area contributed by atoms with Crippen LogP contribution in [0, 0.1) is 5.92 Å². The molecule has 2 amide bonds. The van der Waals surface area contributed by atoms with Crippen molar-refractivity contribution in [1.29, 1.82) is 0 Å². The van der Waals surface area contributed by atoms with Gasteiger partial charge in [-0.2, -0.15) is 0 Å². The molecule has 2 N–H and O–H groups in total. The van der Waals surface area contributed by atoms with Crippen molar-refractivity contribution >= 4 is 28.4 Å². The van der Waals surface area contributed by atoms with Crippen LogP contribution in [0.15, 0.2) is 53.1 Å². The number of amides is 2. The van der Waals surface area contributed by atoms with Gasteiger partial charge in [-0.1, -0.05) is 13.8 Å². The van der Waals surface area contributed by atoms with E-state index in [2.05, 4.69) is 29.4 Å². The molecule has 0 unspecified atom stereocenters. The number of urea groups is 1. The van der Waals surface area contributed by atoms with Crippen LogP contribution in [0.25, 0.3) is 11.0 Å². The van der Waals surface area contributed by atoms with Gasteiger partial charge in [0.15, 0.2) is 0 Å². The van der Waals surface area contributed by atoms with Gasteiger partial charge < -0.3 is 24.7 Å². The smallest absolute Gasteiger partial charge is 0.323 e. The molecular weight excluding hydrogens is 414 g/mol. The monoisotopic (exact) mass is 449 g/mol. The molecule has 176 valence electrons. The van der Waals surface area contributed by atoms with Crippen LogP contribution < -0.4 is 15.4 Å². The molecule has 1 aromatic heterocycles. The molecule has 0 atom stereocenters. The summed E-state index contributed by atoms with van der Waals surface area (Å²) in [5.74, 6) is 1.97. The van der Waals surface area contributed by atoms with E-state index in [-0.39, 0.29) is 12.1 Å². The lowest BCUT2D eigenvalue weighted by Crippen LogP contribution is -2.35. The third kappa shape index (κ3) is 6.08. The van der Waals surface area contributed by atoms with Gasteiger partial charge in [-0.15, -0.1) is 0 Å². The Hall–Kier alpha value is -2.99. The topological polar surface area (TPSA) is 66.7 Å². The summed E-state index contributed by atoms with van der Waals surface area (Å²) in [6.45, 7) is 11.9. The Balaban J connectivity index is 1.39. The van der Waals surface area contributed by atoms with Gasteiger partial charge in [-0.25, -0.2) is 4.79 Å². The second-order valence-corrected chi connectivity index (χ2v) is 9.64. The number of hydrogen-bond acceptors (Lipinski definition) is 4. The van der Waals surface area contributed by atoms with E-state index in [0.717, 1.165) is 54.9 Å². The minimum Gasteiger partial charge on any atom is -0.491 e. The first-order valence-electron chi connectivity index (χ1n) is 12.0. The van der Waals surface area contributed by atoms with Gasteiger partial charge in [-0.05, 0) is 94.1 Å². The lowest BCUT2D eigenvalue weighted by atomic mass is 9.89. The average molecular weight is 450 g/mol. The zero-order chi connectivity index (χ0) is 23.4. The molecule has 2 aromatic carbocycles. The largest absolute Gasteiger partial charge is 0.491 e. The van der Waals surface area contributed by atoms with Gasteiger partial charge in [0, 0.05) is 28.9 Å². The van der Waals surface area contributed by atoms with Gasteiger partial charge in [0.1, 0.15) is 11.3 Å². The van der Waals surface area contributed by atoms with E-state index in [4.69, 9.17) is 9.15 Å². The van der Waals surface area contributed by atoms with Crippen molar-refractivity contribution in [2.24, 2.45) is 5.92 Å². The number of piperidine rings is 1. The van der Waals surface area contributed by atoms with Crippen LogP contribution in [0.3, 0.4) is 0 Å². The Morgan fingerprint density at radius 1 is 1.03 bits per heavy atom. The molecule has 1 saturated heterocycles. The lowest BCUT2D eigenvalue weighted by Gasteiger charge is -2.32. The van der Waals surface area contributed by atoms with E-state index in [1.807, 2.05) is 62.6 Å². The van der Waals surface area contributed by atoms with E-state index in [1.54, 1.807) is 0 Å². The van der Waals surface area contributed by atoms with Crippen LogP contribution in [0.1, 0.15) is 52.0 Å². The van der Waals surface area contributed by atoms with E-state index < -0.39 is 0 Å². The molecule has 4 rings (SSSR count). The lowest BCUT2D eigenvalue weighted by molar-refractivity contribution is 0.192. The van der Waals surface area contributed by atoms with Crippen molar-refractivity contribution < 1.29 is 13.9 Å². The van der Waals surface area contributed by atoms with Crippen LogP contribution in [-0.2, 0) is 0 Å². The summed E-state index contributed by atoms with van der Waals surface area (Å²) in [6.07, 6.45) is 4.28. The number of furan rings is 1. The maximum absolute atomic E-state index is 12.5. The molecule has 0 spiro atoms. The molecule has 33 heavy (non-hydrogen) atoms. The van der Waals surface area contributed by atoms with Crippen molar-refractivity contribution in [2.45, 2.75) is 52.6 Å². The second kappa shape index (κ2) is 10.3. The summed E-state index contributed by atoms with van der Waals surface area (Å²) in [5, 5.41) is 6.91. The highest BCUT2D eigenvalue weighted by atomic mass is 16.5. The molecular formula is C27H35N3O3. The second-order valence-electron chi connectivity index (χ2n) is 9.64. The Labute approximate surface area is 196 Å². The van der Waals surface area contributed by atoms with Gasteiger partial charge >= 0.3 is 6.03 Å². The number of nitrogens with zero attached hydrogens (tertiary/aromatic N) is 1. The molecule has 6 nitrogen and oxygen atoms in total. The Morgan fingerprint density at radius 3 is 2.36 bits per heavy atom. The molecule has 0 radical (unpaired) electrons. The average Bonchev–Trinajstić information content (AvgIpc) is 3.18. The van der Waals surface area contributed by atoms with Gasteiger partial charge in [0.25, 0.3) is 0 Å². The number of carbonyl (C=O) groups is 1. The van der Waals surface area contributed by atoms with Gasteiger partial charge in [-0.3, -0.25) is 0 Å². The quantitative estimate of drug-likeness (QED) is 0.421. The molecule has 0 aliphatic carbocycles. The summed E-state index contributed by atoms with van der Waals surface area (Å²) in [7, 11) is 0. The first-order valence-corrected chi connectivity index (χ1v) is 12.0. The zero-order valence-electron chi connectivity index (χ0n) is 20.1. The van der Waals surface area contributed by atoms with Crippen molar-refractivity contribution in [3.63, 3.8) is 0 Å². The number of hydrogen-bond donors (Lipinski definition) is 2. The Kier molecular flexibility index (Phi) is 7.23. The first-order chi connectivity index (χ1) is 15.9. The molecule has 3 aromatic rings. The summed E-state index contributed by atoms with van der Waals surface area (Å²) < 4.78 is 11.5. The normalized spacial score (nSPS) is 15.3. The highest BCUT2D eigenvalue weighted by molar-refractivity contribution is 6.01. The zero-order valence-corrected chi connectivity index (χ0v) is 20.1. The SMILES string of the molecule is CC(C)CN1CCC(c2coc3ccc(NC(=O)Nc4ccc(OC(C)C)cc4)cc23)CC1. The fourth-order valence-electron chi connectivity index (χ4n) is 4.57. The summed E-state index contributed by atoms with van der Waals surface area (Å²) in [6, 6.07) is 12.9. The molecule has 0 bridgehead atoms. The maximum Gasteiger partial charge on any atom is 0.323 e. The van der Waals surface area contributed by atoms with E-state index in [9.17, 15) is 4.79 Å². The van der Waals surface area contributed by atoms with Gasteiger partial charge in [0.05, 0.1) is 12.4 Å². The standard InChI is InChI=1S/C27H35N3O3/c1-18(2)16-30-13-11-20(12-14-30)25-17-32-26-10-7-22(15-24(25)26)29-27(31)28-21-5-8-23(9-6-21)33-19(3)4/h5-10,15,17-20H,11-14,16H2,1-4H3,(H2,28,29,31). The number of anilines is 2. The highest BCUT2D eigenvalue weighted by Crippen LogP contribution is 2.35. The third-order valence-corrected chi connectivity index (χ3v) is 6.00. The van der Waals surface area contributed by atoms with Crippen LogP contribution in [0.2, 0.25) is 0 Å².